The minimum absolute atomic E-state index is 0.0307. The summed E-state index contributed by atoms with van der Waals surface area (Å²) in [5.74, 6) is 1.73. The number of carbonyl (C=O) groups excluding carboxylic acids is 1. The molecule has 0 bridgehead atoms. The predicted molar refractivity (Wildman–Crippen MR) is 115 cm³/mol. The SMILES string of the molecule is CCOc1ccc(/C=C/C(=O)N2CCN(c3cnc4ccccc4n3)CC2)cc1. The van der Waals surface area contributed by atoms with Gasteiger partial charge in [0.2, 0.25) is 5.91 Å². The number of para-hydroxylation sites is 2. The number of hydrogen-bond acceptors (Lipinski definition) is 5. The van der Waals surface area contributed by atoms with Crippen LogP contribution < -0.4 is 9.64 Å². The van der Waals surface area contributed by atoms with Gasteiger partial charge in [-0.15, -0.1) is 0 Å². The number of piperazine rings is 1. The predicted octanol–water partition coefficient (Wildman–Crippen LogP) is 3.39. The third-order valence-corrected chi connectivity index (χ3v) is 4.96. The number of fused-ring (bicyclic) bond motifs is 1. The quantitative estimate of drug-likeness (QED) is 0.627. The summed E-state index contributed by atoms with van der Waals surface area (Å²) in [6, 6.07) is 15.6. The Balaban J connectivity index is 1.34. The van der Waals surface area contributed by atoms with Crippen molar-refractivity contribution in [2.75, 3.05) is 37.7 Å². The molecule has 0 aliphatic carbocycles. The zero-order valence-electron chi connectivity index (χ0n) is 16.5. The topological polar surface area (TPSA) is 58.6 Å². The molecule has 1 aliphatic rings. The number of anilines is 1. The summed E-state index contributed by atoms with van der Waals surface area (Å²) in [5.41, 5.74) is 2.76. The van der Waals surface area contributed by atoms with Crippen molar-refractivity contribution in [3.05, 3.63) is 66.4 Å². The van der Waals surface area contributed by atoms with E-state index in [0.29, 0.717) is 19.7 Å². The maximum absolute atomic E-state index is 12.5. The van der Waals surface area contributed by atoms with Gasteiger partial charge in [0.05, 0.1) is 23.8 Å². The van der Waals surface area contributed by atoms with Crippen LogP contribution in [-0.4, -0.2) is 53.6 Å². The molecule has 6 nitrogen and oxygen atoms in total. The van der Waals surface area contributed by atoms with E-state index in [2.05, 4.69) is 9.88 Å². The number of nitrogens with zero attached hydrogens (tertiary/aromatic N) is 4. The number of ether oxygens (including phenoxy) is 1. The highest BCUT2D eigenvalue weighted by Gasteiger charge is 2.20. The average Bonchev–Trinajstić information content (AvgIpc) is 2.78. The maximum Gasteiger partial charge on any atom is 0.246 e. The Bertz CT molecular complexity index is 1010. The van der Waals surface area contributed by atoms with Gasteiger partial charge in [0.25, 0.3) is 0 Å². The van der Waals surface area contributed by atoms with Gasteiger partial charge >= 0.3 is 0 Å². The molecule has 1 fully saturated rings. The van der Waals surface area contributed by atoms with Crippen LogP contribution >= 0.6 is 0 Å². The highest BCUT2D eigenvalue weighted by Crippen LogP contribution is 2.17. The van der Waals surface area contributed by atoms with Crippen molar-refractivity contribution in [1.82, 2.24) is 14.9 Å². The number of carbonyl (C=O) groups is 1. The molecule has 0 atom stereocenters. The van der Waals surface area contributed by atoms with Crippen LogP contribution in [0.25, 0.3) is 17.1 Å². The van der Waals surface area contributed by atoms with E-state index < -0.39 is 0 Å². The van der Waals surface area contributed by atoms with Crippen LogP contribution in [0.3, 0.4) is 0 Å². The van der Waals surface area contributed by atoms with Crippen molar-refractivity contribution in [2.45, 2.75) is 6.92 Å². The van der Waals surface area contributed by atoms with E-state index in [1.54, 1.807) is 6.08 Å². The Labute approximate surface area is 170 Å². The molecule has 0 radical (unpaired) electrons. The second-order valence-electron chi connectivity index (χ2n) is 6.86. The van der Waals surface area contributed by atoms with E-state index in [1.165, 1.54) is 0 Å². The van der Waals surface area contributed by atoms with Crippen molar-refractivity contribution in [3.63, 3.8) is 0 Å². The highest BCUT2D eigenvalue weighted by atomic mass is 16.5. The summed E-state index contributed by atoms with van der Waals surface area (Å²) >= 11 is 0. The molecule has 1 aromatic heterocycles. The fourth-order valence-electron chi connectivity index (χ4n) is 3.37. The van der Waals surface area contributed by atoms with Gasteiger partial charge in [-0.25, -0.2) is 4.98 Å². The number of amides is 1. The van der Waals surface area contributed by atoms with Crippen molar-refractivity contribution in [3.8, 4) is 5.75 Å². The zero-order chi connectivity index (χ0) is 20.1. The second kappa shape index (κ2) is 8.73. The molecular weight excluding hydrogens is 364 g/mol. The van der Waals surface area contributed by atoms with Crippen LogP contribution in [0, 0.1) is 0 Å². The van der Waals surface area contributed by atoms with Gasteiger partial charge in [-0.1, -0.05) is 24.3 Å². The third kappa shape index (κ3) is 4.54. The molecule has 3 aromatic rings. The van der Waals surface area contributed by atoms with Gasteiger partial charge < -0.3 is 14.5 Å². The van der Waals surface area contributed by atoms with Crippen LogP contribution in [0.15, 0.2) is 60.8 Å². The normalized spacial score (nSPS) is 14.5. The van der Waals surface area contributed by atoms with Crippen molar-refractivity contribution in [1.29, 1.82) is 0 Å². The Morgan fingerprint density at radius 1 is 1.03 bits per heavy atom. The van der Waals surface area contributed by atoms with Gasteiger partial charge in [0, 0.05) is 32.3 Å². The van der Waals surface area contributed by atoms with E-state index in [-0.39, 0.29) is 5.91 Å². The molecule has 0 saturated carbocycles. The number of benzene rings is 2. The molecule has 0 unspecified atom stereocenters. The van der Waals surface area contributed by atoms with Gasteiger partial charge in [0.15, 0.2) is 0 Å². The summed E-state index contributed by atoms with van der Waals surface area (Å²) in [5, 5.41) is 0. The summed E-state index contributed by atoms with van der Waals surface area (Å²) in [6.45, 7) is 5.43. The average molecular weight is 388 g/mol. The number of hydrogen-bond donors (Lipinski definition) is 0. The van der Waals surface area contributed by atoms with Crippen LogP contribution in [0.4, 0.5) is 5.82 Å². The maximum atomic E-state index is 12.5. The first kappa shape index (κ1) is 18.9. The van der Waals surface area contributed by atoms with Crippen LogP contribution in [-0.2, 0) is 4.79 Å². The summed E-state index contributed by atoms with van der Waals surface area (Å²) < 4.78 is 5.44. The zero-order valence-corrected chi connectivity index (χ0v) is 16.5. The lowest BCUT2D eigenvalue weighted by Crippen LogP contribution is -2.48. The molecule has 2 aromatic carbocycles. The molecule has 29 heavy (non-hydrogen) atoms. The first-order valence-electron chi connectivity index (χ1n) is 9.89. The van der Waals surface area contributed by atoms with Gasteiger partial charge in [-0.2, -0.15) is 0 Å². The minimum atomic E-state index is 0.0307. The summed E-state index contributed by atoms with van der Waals surface area (Å²) in [7, 11) is 0. The standard InChI is InChI=1S/C23H24N4O2/c1-2-29-19-10-7-18(8-11-19)9-12-23(28)27-15-13-26(14-16-27)22-17-24-20-5-3-4-6-21(20)25-22/h3-12,17H,2,13-16H2,1H3/b12-9+. The molecule has 2 heterocycles. The smallest absolute Gasteiger partial charge is 0.246 e. The third-order valence-electron chi connectivity index (χ3n) is 4.96. The van der Waals surface area contributed by atoms with Gasteiger partial charge in [-0.05, 0) is 42.8 Å². The molecular formula is C23H24N4O2. The molecule has 0 N–H and O–H groups in total. The summed E-state index contributed by atoms with van der Waals surface area (Å²) in [6.07, 6.45) is 5.30. The number of aromatic nitrogens is 2. The van der Waals surface area contributed by atoms with E-state index in [0.717, 1.165) is 41.3 Å². The van der Waals surface area contributed by atoms with E-state index >= 15 is 0 Å². The van der Waals surface area contributed by atoms with E-state index in [4.69, 9.17) is 9.72 Å². The largest absolute Gasteiger partial charge is 0.494 e. The van der Waals surface area contributed by atoms with Crippen LogP contribution in [0.1, 0.15) is 12.5 Å². The van der Waals surface area contributed by atoms with Crippen molar-refractivity contribution < 1.29 is 9.53 Å². The fraction of sp³-hybridized carbons (Fsp3) is 0.261. The van der Waals surface area contributed by atoms with E-state index in [1.807, 2.05) is 72.6 Å². The van der Waals surface area contributed by atoms with Crippen LogP contribution in [0.2, 0.25) is 0 Å². The molecule has 4 rings (SSSR count). The highest BCUT2D eigenvalue weighted by molar-refractivity contribution is 5.92. The first-order valence-corrected chi connectivity index (χ1v) is 9.89. The summed E-state index contributed by atoms with van der Waals surface area (Å²) in [4.78, 5) is 25.8. The van der Waals surface area contributed by atoms with Crippen LogP contribution in [0.5, 0.6) is 5.75 Å². The Morgan fingerprint density at radius 3 is 2.48 bits per heavy atom. The lowest BCUT2D eigenvalue weighted by atomic mass is 10.2. The molecule has 1 amide bonds. The Hall–Kier alpha value is -3.41. The second-order valence-corrected chi connectivity index (χ2v) is 6.86. The van der Waals surface area contributed by atoms with Crippen molar-refractivity contribution >= 4 is 28.8 Å². The first-order chi connectivity index (χ1) is 14.2. The molecule has 6 heteroatoms. The lowest BCUT2D eigenvalue weighted by molar-refractivity contribution is -0.126. The molecule has 1 saturated heterocycles. The lowest BCUT2D eigenvalue weighted by Gasteiger charge is -2.34. The fourth-order valence-corrected chi connectivity index (χ4v) is 3.37. The molecule has 0 spiro atoms. The van der Waals surface area contributed by atoms with Crippen molar-refractivity contribution in [2.24, 2.45) is 0 Å². The van der Waals surface area contributed by atoms with Gasteiger partial charge in [0.1, 0.15) is 11.6 Å². The number of rotatable bonds is 5. The van der Waals surface area contributed by atoms with E-state index in [9.17, 15) is 4.79 Å². The molecule has 148 valence electrons. The Kier molecular flexibility index (Phi) is 5.70. The minimum Gasteiger partial charge on any atom is -0.494 e. The molecule has 1 aliphatic heterocycles. The van der Waals surface area contributed by atoms with Gasteiger partial charge in [-0.3, -0.25) is 9.78 Å². The monoisotopic (exact) mass is 388 g/mol. The Morgan fingerprint density at radius 2 is 1.76 bits per heavy atom.